The molecule has 1 aromatic rings. The average molecular weight is 206 g/mol. The number of allylic oxidation sites excluding steroid dienone is 1. The highest BCUT2D eigenvalue weighted by Crippen LogP contribution is 2.30. The molecule has 0 heterocycles. The SMILES string of the molecule is C=C(C)CCC(C)(OO)c1ccccc1. The summed E-state index contributed by atoms with van der Waals surface area (Å²) in [5.74, 6) is 0. The van der Waals surface area contributed by atoms with Gasteiger partial charge in [-0.25, -0.2) is 4.89 Å². The zero-order valence-electron chi connectivity index (χ0n) is 9.36. The number of hydrogen-bond donors (Lipinski definition) is 1. The van der Waals surface area contributed by atoms with E-state index >= 15 is 0 Å². The summed E-state index contributed by atoms with van der Waals surface area (Å²) >= 11 is 0. The third-order valence-corrected chi connectivity index (χ3v) is 2.61. The minimum absolute atomic E-state index is 0.639. The van der Waals surface area contributed by atoms with Gasteiger partial charge in [-0.2, -0.15) is 0 Å². The fourth-order valence-corrected chi connectivity index (χ4v) is 1.49. The molecular weight excluding hydrogens is 188 g/mol. The second-order valence-electron chi connectivity index (χ2n) is 4.15. The van der Waals surface area contributed by atoms with E-state index in [4.69, 9.17) is 5.26 Å². The average Bonchev–Trinajstić information content (AvgIpc) is 2.27. The van der Waals surface area contributed by atoms with E-state index in [1.54, 1.807) is 0 Å². The van der Waals surface area contributed by atoms with Crippen LogP contribution >= 0.6 is 0 Å². The molecule has 0 saturated heterocycles. The van der Waals surface area contributed by atoms with Crippen LogP contribution in [-0.4, -0.2) is 5.26 Å². The highest BCUT2D eigenvalue weighted by Gasteiger charge is 2.27. The Labute approximate surface area is 91.1 Å². The van der Waals surface area contributed by atoms with Crippen LogP contribution in [-0.2, 0) is 10.5 Å². The van der Waals surface area contributed by atoms with E-state index in [2.05, 4.69) is 11.5 Å². The zero-order chi connectivity index (χ0) is 11.3. The lowest BCUT2D eigenvalue weighted by Crippen LogP contribution is -2.24. The van der Waals surface area contributed by atoms with Crippen LogP contribution in [0.25, 0.3) is 0 Å². The monoisotopic (exact) mass is 206 g/mol. The molecule has 0 aliphatic rings. The van der Waals surface area contributed by atoms with E-state index in [1.165, 1.54) is 0 Å². The van der Waals surface area contributed by atoms with Crippen molar-refractivity contribution in [2.24, 2.45) is 0 Å². The molecule has 2 heteroatoms. The second-order valence-corrected chi connectivity index (χ2v) is 4.15. The summed E-state index contributed by atoms with van der Waals surface area (Å²) < 4.78 is 0. The summed E-state index contributed by atoms with van der Waals surface area (Å²) in [4.78, 5) is 4.63. The standard InChI is InChI=1S/C13H18O2/c1-11(2)9-10-13(3,15-14)12-7-5-4-6-8-12/h4-8,14H,1,9-10H2,2-3H3. The van der Waals surface area contributed by atoms with Gasteiger partial charge in [0, 0.05) is 0 Å². The van der Waals surface area contributed by atoms with Crippen molar-refractivity contribution in [3.05, 3.63) is 48.0 Å². The Hall–Kier alpha value is -1.12. The molecule has 0 aromatic heterocycles. The lowest BCUT2D eigenvalue weighted by atomic mass is 9.90. The predicted molar refractivity (Wildman–Crippen MR) is 61.6 cm³/mol. The third-order valence-electron chi connectivity index (χ3n) is 2.61. The van der Waals surface area contributed by atoms with Gasteiger partial charge in [0.15, 0.2) is 0 Å². The van der Waals surface area contributed by atoms with Gasteiger partial charge in [0.05, 0.1) is 0 Å². The van der Waals surface area contributed by atoms with Crippen LogP contribution in [0.4, 0.5) is 0 Å². The first-order valence-corrected chi connectivity index (χ1v) is 5.11. The maximum atomic E-state index is 9.02. The summed E-state index contributed by atoms with van der Waals surface area (Å²) in [5, 5.41) is 9.02. The summed E-state index contributed by atoms with van der Waals surface area (Å²) in [6.45, 7) is 7.70. The minimum atomic E-state index is -0.639. The molecule has 15 heavy (non-hydrogen) atoms. The summed E-state index contributed by atoms with van der Waals surface area (Å²) in [5.41, 5.74) is 1.43. The Morgan fingerprint density at radius 2 is 2.00 bits per heavy atom. The van der Waals surface area contributed by atoms with Crippen molar-refractivity contribution in [3.8, 4) is 0 Å². The maximum Gasteiger partial charge on any atom is 0.126 e. The molecule has 0 aliphatic carbocycles. The van der Waals surface area contributed by atoms with Gasteiger partial charge >= 0.3 is 0 Å². The molecule has 1 rings (SSSR count). The largest absolute Gasteiger partial charge is 0.251 e. The zero-order valence-corrected chi connectivity index (χ0v) is 9.36. The highest BCUT2D eigenvalue weighted by molar-refractivity contribution is 5.21. The molecule has 1 unspecified atom stereocenters. The summed E-state index contributed by atoms with van der Waals surface area (Å²) in [6.07, 6.45) is 1.56. The number of rotatable bonds is 5. The van der Waals surface area contributed by atoms with Gasteiger partial charge in [-0.15, -0.1) is 6.58 Å². The van der Waals surface area contributed by atoms with Crippen molar-refractivity contribution in [1.82, 2.24) is 0 Å². The lowest BCUT2D eigenvalue weighted by Gasteiger charge is -2.26. The molecule has 0 fully saturated rings. The van der Waals surface area contributed by atoms with Gasteiger partial charge in [0.25, 0.3) is 0 Å². The first-order valence-electron chi connectivity index (χ1n) is 5.11. The molecule has 1 atom stereocenters. The van der Waals surface area contributed by atoms with Crippen molar-refractivity contribution < 1.29 is 10.1 Å². The predicted octanol–water partition coefficient (Wildman–Crippen LogP) is 3.75. The Balaban J connectivity index is 2.80. The number of benzene rings is 1. The number of hydrogen-bond acceptors (Lipinski definition) is 2. The van der Waals surface area contributed by atoms with Crippen LogP contribution in [0.2, 0.25) is 0 Å². The molecule has 1 N–H and O–H groups in total. The van der Waals surface area contributed by atoms with Crippen LogP contribution in [0.15, 0.2) is 42.5 Å². The molecule has 0 radical (unpaired) electrons. The first kappa shape index (κ1) is 12.0. The summed E-state index contributed by atoms with van der Waals surface area (Å²) in [6, 6.07) is 9.73. The highest BCUT2D eigenvalue weighted by atomic mass is 17.1. The van der Waals surface area contributed by atoms with E-state index in [1.807, 2.05) is 44.2 Å². The van der Waals surface area contributed by atoms with Gasteiger partial charge in [0.2, 0.25) is 0 Å². The second kappa shape index (κ2) is 5.10. The van der Waals surface area contributed by atoms with Crippen molar-refractivity contribution in [2.45, 2.75) is 32.3 Å². The van der Waals surface area contributed by atoms with E-state index in [-0.39, 0.29) is 0 Å². The molecule has 82 valence electrons. The van der Waals surface area contributed by atoms with Crippen molar-refractivity contribution in [3.63, 3.8) is 0 Å². The maximum absolute atomic E-state index is 9.02. The van der Waals surface area contributed by atoms with Crippen molar-refractivity contribution >= 4 is 0 Å². The third kappa shape index (κ3) is 3.18. The molecule has 2 nitrogen and oxygen atoms in total. The van der Waals surface area contributed by atoms with Crippen LogP contribution in [0.3, 0.4) is 0 Å². The van der Waals surface area contributed by atoms with Crippen molar-refractivity contribution in [2.75, 3.05) is 0 Å². The molecule has 0 saturated carbocycles. The lowest BCUT2D eigenvalue weighted by molar-refractivity contribution is -0.325. The molecule has 0 spiro atoms. The van der Waals surface area contributed by atoms with Crippen LogP contribution < -0.4 is 0 Å². The van der Waals surface area contributed by atoms with E-state index in [9.17, 15) is 0 Å². The fourth-order valence-electron chi connectivity index (χ4n) is 1.49. The summed E-state index contributed by atoms with van der Waals surface area (Å²) in [7, 11) is 0. The Kier molecular flexibility index (Phi) is 4.06. The van der Waals surface area contributed by atoms with E-state index < -0.39 is 5.60 Å². The topological polar surface area (TPSA) is 29.5 Å². The van der Waals surface area contributed by atoms with Gasteiger partial charge in [0.1, 0.15) is 5.60 Å². The van der Waals surface area contributed by atoms with Gasteiger partial charge in [-0.05, 0) is 32.3 Å². The first-order chi connectivity index (χ1) is 7.08. The van der Waals surface area contributed by atoms with Crippen molar-refractivity contribution in [1.29, 1.82) is 0 Å². The Bertz CT molecular complexity index is 319. The molecule has 1 aromatic carbocycles. The Morgan fingerprint density at radius 1 is 1.40 bits per heavy atom. The molecular formula is C13H18O2. The molecule has 0 aliphatic heterocycles. The minimum Gasteiger partial charge on any atom is -0.251 e. The van der Waals surface area contributed by atoms with Gasteiger partial charge < -0.3 is 0 Å². The van der Waals surface area contributed by atoms with Gasteiger partial charge in [-0.3, -0.25) is 5.26 Å². The van der Waals surface area contributed by atoms with Gasteiger partial charge in [-0.1, -0.05) is 35.9 Å². The molecule has 0 bridgehead atoms. The smallest absolute Gasteiger partial charge is 0.126 e. The van der Waals surface area contributed by atoms with Crippen LogP contribution in [0.1, 0.15) is 32.3 Å². The molecule has 0 amide bonds. The Morgan fingerprint density at radius 3 is 2.47 bits per heavy atom. The van der Waals surface area contributed by atoms with Crippen LogP contribution in [0, 0.1) is 0 Å². The van der Waals surface area contributed by atoms with E-state index in [0.717, 1.165) is 24.0 Å². The quantitative estimate of drug-likeness (QED) is 0.451. The van der Waals surface area contributed by atoms with E-state index in [0.29, 0.717) is 0 Å². The fraction of sp³-hybridized carbons (Fsp3) is 0.385. The van der Waals surface area contributed by atoms with Crippen LogP contribution in [0.5, 0.6) is 0 Å². The normalized spacial score (nSPS) is 14.6.